The predicted molar refractivity (Wildman–Crippen MR) is 128 cm³/mol. The first-order chi connectivity index (χ1) is 15.7. The van der Waals surface area contributed by atoms with Crippen molar-refractivity contribution < 1.29 is 9.47 Å². The molecule has 32 heavy (non-hydrogen) atoms. The van der Waals surface area contributed by atoms with Crippen molar-refractivity contribution in [2.75, 3.05) is 19.7 Å². The smallest absolute Gasteiger partial charge is 0.380 e. The van der Waals surface area contributed by atoms with E-state index in [0.717, 1.165) is 59.4 Å². The Hall–Kier alpha value is -2.76. The summed E-state index contributed by atoms with van der Waals surface area (Å²) in [7, 11) is 0. The SMILES string of the molecule is C=CCO[C@H](c1ccnc2ccccc12)[C@H]1C[C@@H]2CC[N+]1(c1cccc[n+]1[O-])C[C@@H]2CC. The van der Waals surface area contributed by atoms with Gasteiger partial charge in [0.15, 0.2) is 6.20 Å². The van der Waals surface area contributed by atoms with Crippen molar-refractivity contribution in [2.24, 2.45) is 11.8 Å². The first kappa shape index (κ1) is 21.1. The van der Waals surface area contributed by atoms with E-state index in [0.29, 0.717) is 22.9 Å². The lowest BCUT2D eigenvalue weighted by atomic mass is 9.70. The summed E-state index contributed by atoms with van der Waals surface area (Å²) in [5.41, 5.74) is 2.14. The number of aromatic nitrogens is 2. The molecule has 5 nitrogen and oxygen atoms in total. The number of para-hydroxylation sites is 1. The summed E-state index contributed by atoms with van der Waals surface area (Å²) in [4.78, 5) is 4.58. The quantitative estimate of drug-likeness (QED) is 0.231. The molecule has 3 aliphatic rings. The number of hydrogen-bond acceptors (Lipinski definition) is 3. The van der Waals surface area contributed by atoms with Crippen molar-refractivity contribution in [3.8, 4) is 0 Å². The van der Waals surface area contributed by atoms with Crippen LogP contribution in [0.4, 0.5) is 5.82 Å². The van der Waals surface area contributed by atoms with Crippen LogP contribution in [0, 0.1) is 17.0 Å². The molecule has 0 radical (unpaired) electrons. The number of nitrogens with zero attached hydrogens (tertiary/aromatic N) is 3. The number of piperidine rings is 3. The van der Waals surface area contributed by atoms with Crippen LogP contribution >= 0.6 is 0 Å². The molecule has 3 saturated heterocycles. The number of hydrogen-bond donors (Lipinski definition) is 0. The van der Waals surface area contributed by atoms with E-state index >= 15 is 0 Å². The van der Waals surface area contributed by atoms with Crippen LogP contribution in [-0.4, -0.2) is 30.7 Å². The van der Waals surface area contributed by atoms with E-state index in [4.69, 9.17) is 4.74 Å². The summed E-state index contributed by atoms with van der Waals surface area (Å²) < 4.78 is 8.34. The molecule has 5 atom stereocenters. The van der Waals surface area contributed by atoms with Crippen molar-refractivity contribution in [3.63, 3.8) is 0 Å². The van der Waals surface area contributed by atoms with Gasteiger partial charge in [0.1, 0.15) is 12.1 Å². The minimum atomic E-state index is -0.137. The first-order valence-electron chi connectivity index (χ1n) is 11.8. The van der Waals surface area contributed by atoms with Crippen LogP contribution in [0.25, 0.3) is 10.9 Å². The van der Waals surface area contributed by atoms with Gasteiger partial charge in [-0.05, 0) is 36.1 Å². The molecule has 0 aliphatic carbocycles. The van der Waals surface area contributed by atoms with E-state index < -0.39 is 0 Å². The van der Waals surface area contributed by atoms with E-state index in [9.17, 15) is 5.21 Å². The molecule has 0 saturated carbocycles. The molecule has 1 unspecified atom stereocenters. The molecule has 0 spiro atoms. The van der Waals surface area contributed by atoms with Crippen LogP contribution in [0.15, 0.2) is 73.6 Å². The van der Waals surface area contributed by atoms with Gasteiger partial charge in [-0.25, -0.2) is 4.48 Å². The average molecular weight is 431 g/mol. The minimum absolute atomic E-state index is 0.137. The molecule has 3 fully saturated rings. The second-order valence-electron chi connectivity index (χ2n) is 9.30. The van der Waals surface area contributed by atoms with Gasteiger partial charge in [0.25, 0.3) is 0 Å². The Bertz CT molecular complexity index is 1110. The molecule has 166 valence electrons. The van der Waals surface area contributed by atoms with Gasteiger partial charge in [-0.3, -0.25) is 4.98 Å². The summed E-state index contributed by atoms with van der Waals surface area (Å²) >= 11 is 0. The molecule has 3 aliphatic heterocycles. The molecular formula is C27H32N3O2+. The van der Waals surface area contributed by atoms with Crippen molar-refractivity contribution in [3.05, 3.63) is 84.4 Å². The van der Waals surface area contributed by atoms with E-state index in [-0.39, 0.29) is 12.1 Å². The molecule has 0 N–H and O–H groups in total. The largest absolute Gasteiger partial charge is 0.614 e. The zero-order chi connectivity index (χ0) is 22.1. The van der Waals surface area contributed by atoms with Crippen LogP contribution in [0.3, 0.4) is 0 Å². The maximum absolute atomic E-state index is 13.1. The second-order valence-corrected chi connectivity index (χ2v) is 9.30. The second kappa shape index (κ2) is 8.64. The van der Waals surface area contributed by atoms with Crippen molar-refractivity contribution >= 4 is 16.7 Å². The summed E-state index contributed by atoms with van der Waals surface area (Å²) in [6, 6.07) is 16.4. The van der Waals surface area contributed by atoms with Crippen LogP contribution < -0.4 is 9.21 Å². The van der Waals surface area contributed by atoms with Gasteiger partial charge in [0.05, 0.1) is 31.3 Å². The Morgan fingerprint density at radius 3 is 2.91 bits per heavy atom. The lowest BCUT2D eigenvalue weighted by Gasteiger charge is -2.56. The van der Waals surface area contributed by atoms with Gasteiger partial charge in [0, 0.05) is 36.4 Å². The van der Waals surface area contributed by atoms with E-state index in [1.807, 2.05) is 36.5 Å². The van der Waals surface area contributed by atoms with E-state index in [1.54, 1.807) is 6.20 Å². The molecule has 0 amide bonds. The zero-order valence-corrected chi connectivity index (χ0v) is 18.8. The topological polar surface area (TPSA) is 49.1 Å². The highest BCUT2D eigenvalue weighted by Gasteiger charge is 2.59. The third-order valence-electron chi connectivity index (χ3n) is 7.82. The number of benzene rings is 1. The van der Waals surface area contributed by atoms with Gasteiger partial charge in [-0.2, -0.15) is 0 Å². The fraction of sp³-hybridized carbons (Fsp3) is 0.407. The third-order valence-corrected chi connectivity index (χ3v) is 7.82. The van der Waals surface area contributed by atoms with Crippen molar-refractivity contribution in [2.45, 2.75) is 38.3 Å². The van der Waals surface area contributed by atoms with Gasteiger partial charge in [-0.1, -0.05) is 31.2 Å². The normalized spacial score (nSPS) is 28.0. The lowest BCUT2D eigenvalue weighted by Crippen LogP contribution is -2.72. The molecule has 6 rings (SSSR count). The Labute approximate surface area is 190 Å². The highest BCUT2D eigenvalue weighted by Crippen LogP contribution is 2.50. The van der Waals surface area contributed by atoms with Crippen molar-refractivity contribution in [1.29, 1.82) is 0 Å². The number of pyridine rings is 2. The zero-order valence-electron chi connectivity index (χ0n) is 18.8. The average Bonchev–Trinajstić information content (AvgIpc) is 2.85. The minimum Gasteiger partial charge on any atom is -0.614 e. The fourth-order valence-electron chi connectivity index (χ4n) is 6.35. The Morgan fingerprint density at radius 2 is 2.09 bits per heavy atom. The Morgan fingerprint density at radius 1 is 1.25 bits per heavy atom. The molecular weight excluding hydrogens is 398 g/mol. The molecule has 5 heterocycles. The first-order valence-corrected chi connectivity index (χ1v) is 11.8. The summed E-state index contributed by atoms with van der Waals surface area (Å²) in [5, 5.41) is 14.2. The summed E-state index contributed by atoms with van der Waals surface area (Å²) in [5.74, 6) is 2.16. The molecule has 2 aromatic heterocycles. The van der Waals surface area contributed by atoms with Crippen LogP contribution in [0.2, 0.25) is 0 Å². The van der Waals surface area contributed by atoms with Crippen LogP contribution in [-0.2, 0) is 4.74 Å². The third kappa shape index (κ3) is 3.40. The fourth-order valence-corrected chi connectivity index (χ4v) is 6.35. The van der Waals surface area contributed by atoms with Gasteiger partial charge >= 0.3 is 5.82 Å². The Balaban J connectivity index is 1.67. The highest BCUT2D eigenvalue weighted by atomic mass is 16.5. The highest BCUT2D eigenvalue weighted by molar-refractivity contribution is 5.82. The van der Waals surface area contributed by atoms with Gasteiger partial charge in [-0.15, -0.1) is 11.3 Å². The maximum atomic E-state index is 13.1. The lowest BCUT2D eigenvalue weighted by molar-refractivity contribution is -0.601. The monoisotopic (exact) mass is 430 g/mol. The number of rotatable bonds is 7. The number of quaternary nitrogens is 1. The molecule has 3 aromatic rings. The van der Waals surface area contributed by atoms with Crippen molar-refractivity contribution in [1.82, 2.24) is 9.47 Å². The van der Waals surface area contributed by atoms with E-state index in [1.165, 1.54) is 0 Å². The van der Waals surface area contributed by atoms with E-state index in [2.05, 4.69) is 42.8 Å². The summed E-state index contributed by atoms with van der Waals surface area (Å²) in [6.07, 6.45) is 8.58. The standard InChI is InChI=1S/C27H32N3O2/c1-3-17-32-27(23-12-14-28-24-10-6-5-9-22(23)24)25-18-21-13-16-30(25,19-20(21)4-2)26-11-7-8-15-29(26)31/h3,5-12,14-15,20-21,25,27H,1,4,13,16-19H2,2H3/q+1/t20-,21-,25+,27+,30?/m0/s1. The Kier molecular flexibility index (Phi) is 5.70. The number of ether oxygens (including phenoxy) is 1. The van der Waals surface area contributed by atoms with Crippen LogP contribution in [0.5, 0.6) is 0 Å². The predicted octanol–water partition coefficient (Wildman–Crippen LogP) is 4.94. The molecule has 2 bridgehead atoms. The summed E-state index contributed by atoms with van der Waals surface area (Å²) in [6.45, 7) is 8.64. The van der Waals surface area contributed by atoms with Gasteiger partial charge < -0.3 is 9.94 Å². The number of fused-ring (bicyclic) bond motifs is 4. The van der Waals surface area contributed by atoms with Crippen LogP contribution in [0.1, 0.15) is 37.9 Å². The van der Waals surface area contributed by atoms with Gasteiger partial charge in [0.2, 0.25) is 0 Å². The maximum Gasteiger partial charge on any atom is 0.380 e. The molecule has 5 heteroatoms. The molecule has 1 aromatic carbocycles.